The molecule has 1 aromatic rings. The Morgan fingerprint density at radius 3 is 2.56 bits per heavy atom. The molecular formula is C13H18O2Si. The van der Waals surface area contributed by atoms with Gasteiger partial charge in [0.2, 0.25) is 0 Å². The summed E-state index contributed by atoms with van der Waals surface area (Å²) in [6.45, 7) is 9.88. The second-order valence-electron chi connectivity index (χ2n) is 4.72. The van der Waals surface area contributed by atoms with Crippen molar-refractivity contribution in [3.63, 3.8) is 0 Å². The normalized spacial score (nSPS) is 11.7. The molecule has 2 nitrogen and oxygen atoms in total. The van der Waals surface area contributed by atoms with Crippen molar-refractivity contribution in [2.24, 2.45) is 0 Å². The van der Waals surface area contributed by atoms with Crippen LogP contribution in [0.5, 0.6) is 0 Å². The van der Waals surface area contributed by atoms with E-state index in [4.69, 9.17) is 4.43 Å². The number of rotatable bonds is 3. The van der Waals surface area contributed by atoms with Crippen LogP contribution in [0.15, 0.2) is 36.9 Å². The summed E-state index contributed by atoms with van der Waals surface area (Å²) < 4.78 is 5.19. The van der Waals surface area contributed by atoms with E-state index in [0.29, 0.717) is 0 Å². The summed E-state index contributed by atoms with van der Waals surface area (Å²) in [5.41, 5.74) is 1.35. The molecule has 0 fully saturated rings. The summed E-state index contributed by atoms with van der Waals surface area (Å²) in [5, 5.41) is 1.19. The lowest BCUT2D eigenvalue weighted by molar-refractivity contribution is -0.128. The summed E-state index contributed by atoms with van der Waals surface area (Å²) in [4.78, 5) is 11.0. The fourth-order valence-corrected chi connectivity index (χ4v) is 3.04. The van der Waals surface area contributed by atoms with Crippen LogP contribution in [0.2, 0.25) is 0 Å². The van der Waals surface area contributed by atoms with E-state index in [1.165, 1.54) is 16.8 Å². The molecule has 0 saturated heterocycles. The van der Waals surface area contributed by atoms with E-state index in [1.807, 2.05) is 18.2 Å². The average Bonchev–Trinajstić information content (AvgIpc) is 2.25. The van der Waals surface area contributed by atoms with Gasteiger partial charge in [-0.1, -0.05) is 51.6 Å². The molecule has 0 aliphatic heterocycles. The molecule has 0 saturated carbocycles. The molecule has 1 aromatic carbocycles. The maximum absolute atomic E-state index is 11.0. The van der Waals surface area contributed by atoms with Crippen LogP contribution in [0, 0.1) is 0 Å². The Morgan fingerprint density at radius 1 is 1.38 bits per heavy atom. The third-order valence-electron chi connectivity index (χ3n) is 2.36. The zero-order valence-corrected chi connectivity index (χ0v) is 11.5. The van der Waals surface area contributed by atoms with Gasteiger partial charge in [0.25, 0.3) is 9.76 Å². The van der Waals surface area contributed by atoms with Gasteiger partial charge in [-0.15, -0.1) is 0 Å². The van der Waals surface area contributed by atoms with E-state index >= 15 is 0 Å². The highest BCUT2D eigenvalue weighted by Crippen LogP contribution is 2.19. The van der Waals surface area contributed by atoms with Crippen molar-refractivity contribution in [2.45, 2.75) is 26.2 Å². The van der Waals surface area contributed by atoms with Gasteiger partial charge in [0.05, 0.1) is 0 Å². The third kappa shape index (κ3) is 3.34. The topological polar surface area (TPSA) is 26.3 Å². The zero-order valence-electron chi connectivity index (χ0n) is 10.1. The van der Waals surface area contributed by atoms with E-state index in [1.54, 1.807) is 0 Å². The molecular weight excluding hydrogens is 216 g/mol. The van der Waals surface area contributed by atoms with E-state index in [2.05, 4.69) is 33.4 Å². The first kappa shape index (κ1) is 12.7. The minimum absolute atomic E-state index is 0.0875. The third-order valence-corrected chi connectivity index (χ3v) is 3.72. The average molecular weight is 234 g/mol. The van der Waals surface area contributed by atoms with E-state index in [0.717, 1.165) is 0 Å². The molecule has 0 amide bonds. The van der Waals surface area contributed by atoms with Crippen LogP contribution in [-0.4, -0.2) is 15.7 Å². The van der Waals surface area contributed by atoms with Gasteiger partial charge < -0.3 is 4.43 Å². The van der Waals surface area contributed by atoms with Crippen molar-refractivity contribution in [1.29, 1.82) is 0 Å². The summed E-state index contributed by atoms with van der Waals surface area (Å²) in [6, 6.07) is 8.15. The van der Waals surface area contributed by atoms with Gasteiger partial charge in [0, 0.05) is 6.08 Å². The van der Waals surface area contributed by atoms with Crippen LogP contribution < -0.4 is 5.19 Å². The predicted molar refractivity (Wildman–Crippen MR) is 69.6 cm³/mol. The molecule has 0 aromatic heterocycles. The van der Waals surface area contributed by atoms with E-state index in [9.17, 15) is 4.79 Å². The summed E-state index contributed by atoms with van der Waals surface area (Å²) >= 11 is 0. The fraction of sp³-hybridized carbons (Fsp3) is 0.308. The standard InChI is InChI=1S/C13H18O2Si/c1-5-12(14)15-16-11-9-7-6-8-10(11)13(2,3)4/h5-9H,1,16H2,2-4H3. The van der Waals surface area contributed by atoms with Crippen molar-refractivity contribution in [2.75, 3.05) is 0 Å². The molecule has 0 bridgehead atoms. The number of carbonyl (C=O) groups is 1. The molecule has 0 heterocycles. The highest BCUT2D eigenvalue weighted by atomic mass is 28.2. The van der Waals surface area contributed by atoms with Crippen LogP contribution in [0.1, 0.15) is 26.3 Å². The van der Waals surface area contributed by atoms with Crippen LogP contribution in [0.25, 0.3) is 0 Å². The Hall–Kier alpha value is -1.35. The molecule has 0 radical (unpaired) electrons. The molecule has 86 valence electrons. The molecule has 0 unspecified atom stereocenters. The molecule has 1 rings (SSSR count). The molecule has 0 atom stereocenters. The van der Waals surface area contributed by atoms with Gasteiger partial charge in [-0.25, -0.2) is 4.79 Å². The monoisotopic (exact) mass is 234 g/mol. The first-order chi connectivity index (χ1) is 7.45. The Kier molecular flexibility index (Phi) is 4.07. The van der Waals surface area contributed by atoms with Gasteiger partial charge in [0.15, 0.2) is 0 Å². The molecule has 0 aliphatic rings. The van der Waals surface area contributed by atoms with Crippen molar-refractivity contribution < 1.29 is 9.22 Å². The van der Waals surface area contributed by atoms with Crippen molar-refractivity contribution in [3.8, 4) is 0 Å². The minimum Gasteiger partial charge on any atom is -0.517 e. The largest absolute Gasteiger partial charge is 0.517 e. The molecule has 0 spiro atoms. The molecule has 16 heavy (non-hydrogen) atoms. The quantitative estimate of drug-likeness (QED) is 0.584. The van der Waals surface area contributed by atoms with Gasteiger partial charge in [-0.3, -0.25) is 0 Å². The van der Waals surface area contributed by atoms with Crippen LogP contribution >= 0.6 is 0 Å². The lowest BCUT2D eigenvalue weighted by atomic mass is 9.87. The SMILES string of the molecule is C=CC(=O)O[SiH2]c1ccccc1C(C)(C)C. The van der Waals surface area contributed by atoms with Crippen LogP contribution in [0.3, 0.4) is 0 Å². The summed E-state index contributed by atoms with van der Waals surface area (Å²) in [5.74, 6) is -0.324. The molecule has 0 N–H and O–H groups in total. The van der Waals surface area contributed by atoms with Gasteiger partial charge >= 0.3 is 5.97 Å². The minimum atomic E-state index is -0.999. The van der Waals surface area contributed by atoms with E-state index in [-0.39, 0.29) is 11.4 Å². The Labute approximate surface area is 99.3 Å². The van der Waals surface area contributed by atoms with E-state index < -0.39 is 9.76 Å². The van der Waals surface area contributed by atoms with Crippen molar-refractivity contribution >= 4 is 20.9 Å². The summed E-state index contributed by atoms with van der Waals surface area (Å²) in [6.07, 6.45) is 1.21. The highest BCUT2D eigenvalue weighted by Gasteiger charge is 2.17. The van der Waals surface area contributed by atoms with Crippen molar-refractivity contribution in [1.82, 2.24) is 0 Å². The van der Waals surface area contributed by atoms with Crippen molar-refractivity contribution in [3.05, 3.63) is 42.5 Å². The second kappa shape index (κ2) is 5.12. The molecule has 3 heteroatoms. The lowest BCUT2D eigenvalue weighted by Crippen LogP contribution is -2.29. The number of hydrogen-bond donors (Lipinski definition) is 0. The number of benzene rings is 1. The zero-order chi connectivity index (χ0) is 12.2. The van der Waals surface area contributed by atoms with Crippen LogP contribution in [-0.2, 0) is 14.6 Å². The first-order valence-electron chi connectivity index (χ1n) is 5.32. The Bertz CT molecular complexity index is 391. The van der Waals surface area contributed by atoms with Gasteiger partial charge in [0.1, 0.15) is 0 Å². The molecule has 0 aliphatic carbocycles. The Balaban J connectivity index is 2.87. The predicted octanol–water partition coefficient (Wildman–Crippen LogP) is 1.42. The Morgan fingerprint density at radius 2 is 2.00 bits per heavy atom. The maximum Gasteiger partial charge on any atom is 0.316 e. The van der Waals surface area contributed by atoms with Gasteiger partial charge in [-0.05, 0) is 16.2 Å². The fourth-order valence-electron chi connectivity index (χ4n) is 1.59. The first-order valence-corrected chi connectivity index (χ1v) is 6.61. The number of carbonyl (C=O) groups excluding carboxylic acids is 1. The lowest BCUT2D eigenvalue weighted by Gasteiger charge is -2.22. The smallest absolute Gasteiger partial charge is 0.316 e. The maximum atomic E-state index is 11.0. The second-order valence-corrected chi connectivity index (χ2v) is 6.06. The highest BCUT2D eigenvalue weighted by molar-refractivity contribution is 6.49. The number of hydrogen-bond acceptors (Lipinski definition) is 2. The van der Waals surface area contributed by atoms with Gasteiger partial charge in [-0.2, -0.15) is 0 Å². The van der Waals surface area contributed by atoms with Crippen LogP contribution in [0.4, 0.5) is 0 Å². The summed E-state index contributed by atoms with van der Waals surface area (Å²) in [7, 11) is -0.999.